The summed E-state index contributed by atoms with van der Waals surface area (Å²) in [6, 6.07) is 6.89. The molecule has 0 saturated carbocycles. The van der Waals surface area contributed by atoms with Crippen molar-refractivity contribution in [1.29, 1.82) is 0 Å². The molecule has 6 heteroatoms. The number of carbonyl (C=O) groups excluding carboxylic acids is 1. The number of carbonyl (C=O) groups is 1. The molecule has 0 aliphatic rings. The Hall–Kier alpha value is -1.69. The monoisotopic (exact) mass is 267 g/mol. The highest BCUT2D eigenvalue weighted by molar-refractivity contribution is 7.98. The number of oxime groups is 1. The van der Waals surface area contributed by atoms with E-state index in [0.29, 0.717) is 5.56 Å². The van der Waals surface area contributed by atoms with Gasteiger partial charge in [0.25, 0.3) is 5.91 Å². The van der Waals surface area contributed by atoms with Gasteiger partial charge in [-0.15, -0.1) is 11.8 Å². The highest BCUT2D eigenvalue weighted by Crippen LogP contribution is 2.21. The summed E-state index contributed by atoms with van der Waals surface area (Å²) < 4.78 is 0. The van der Waals surface area contributed by atoms with Crippen molar-refractivity contribution in [2.24, 2.45) is 10.9 Å². The number of hydrogen-bond acceptors (Lipinski definition) is 4. The SMILES string of the molecule is CSc1ccccc1C(=O)N(C)C(C)C(N)=NO. The molecule has 1 aromatic rings. The van der Waals surface area contributed by atoms with Crippen molar-refractivity contribution in [3.63, 3.8) is 0 Å². The number of nitrogens with zero attached hydrogens (tertiary/aromatic N) is 2. The molecule has 0 fully saturated rings. The fourth-order valence-electron chi connectivity index (χ4n) is 1.47. The largest absolute Gasteiger partial charge is 0.409 e. The van der Waals surface area contributed by atoms with Crippen molar-refractivity contribution in [2.75, 3.05) is 13.3 Å². The van der Waals surface area contributed by atoms with Gasteiger partial charge in [-0.2, -0.15) is 0 Å². The van der Waals surface area contributed by atoms with E-state index in [1.54, 1.807) is 20.0 Å². The van der Waals surface area contributed by atoms with E-state index < -0.39 is 6.04 Å². The van der Waals surface area contributed by atoms with Crippen molar-refractivity contribution in [1.82, 2.24) is 4.90 Å². The molecule has 0 saturated heterocycles. The maximum absolute atomic E-state index is 12.3. The predicted molar refractivity (Wildman–Crippen MR) is 73.2 cm³/mol. The first-order chi connectivity index (χ1) is 8.52. The van der Waals surface area contributed by atoms with Gasteiger partial charge in [-0.05, 0) is 25.3 Å². The Kier molecular flexibility index (Phi) is 5.03. The van der Waals surface area contributed by atoms with Crippen LogP contribution in [0.2, 0.25) is 0 Å². The lowest BCUT2D eigenvalue weighted by Crippen LogP contribution is -2.43. The van der Waals surface area contributed by atoms with Gasteiger partial charge in [-0.25, -0.2) is 0 Å². The first kappa shape index (κ1) is 14.4. The molecule has 0 aliphatic carbocycles. The average Bonchev–Trinajstić information content (AvgIpc) is 2.43. The van der Waals surface area contributed by atoms with E-state index in [4.69, 9.17) is 10.9 Å². The fourth-order valence-corrected chi connectivity index (χ4v) is 2.06. The minimum atomic E-state index is -0.461. The lowest BCUT2D eigenvalue weighted by atomic mass is 10.1. The lowest BCUT2D eigenvalue weighted by Gasteiger charge is -2.24. The summed E-state index contributed by atoms with van der Waals surface area (Å²) >= 11 is 1.51. The topological polar surface area (TPSA) is 78.9 Å². The highest BCUT2D eigenvalue weighted by atomic mass is 32.2. The molecule has 0 aromatic heterocycles. The molecule has 0 radical (unpaired) electrons. The first-order valence-corrected chi connectivity index (χ1v) is 6.63. The van der Waals surface area contributed by atoms with Crippen LogP contribution in [-0.2, 0) is 0 Å². The summed E-state index contributed by atoms with van der Waals surface area (Å²) in [6.45, 7) is 1.70. The molecular weight excluding hydrogens is 250 g/mol. The van der Waals surface area contributed by atoms with Crippen LogP contribution in [0, 0.1) is 0 Å². The Morgan fingerprint density at radius 2 is 2.11 bits per heavy atom. The zero-order valence-electron chi connectivity index (χ0n) is 10.6. The molecule has 5 nitrogen and oxygen atoms in total. The average molecular weight is 267 g/mol. The number of likely N-dealkylation sites (N-methyl/N-ethyl adjacent to an activating group) is 1. The van der Waals surface area contributed by atoms with E-state index in [2.05, 4.69) is 5.16 Å². The van der Waals surface area contributed by atoms with Gasteiger partial charge in [0.15, 0.2) is 5.84 Å². The quantitative estimate of drug-likeness (QED) is 0.286. The molecule has 0 spiro atoms. The Morgan fingerprint density at radius 1 is 1.50 bits per heavy atom. The van der Waals surface area contributed by atoms with Crippen LogP contribution in [0.1, 0.15) is 17.3 Å². The van der Waals surface area contributed by atoms with E-state index in [-0.39, 0.29) is 11.7 Å². The normalized spacial score (nSPS) is 13.2. The number of rotatable bonds is 4. The van der Waals surface area contributed by atoms with Crippen LogP contribution >= 0.6 is 11.8 Å². The summed E-state index contributed by atoms with van der Waals surface area (Å²) in [5.41, 5.74) is 6.12. The lowest BCUT2D eigenvalue weighted by molar-refractivity contribution is 0.0773. The first-order valence-electron chi connectivity index (χ1n) is 5.40. The molecule has 0 aliphatic heterocycles. The van der Waals surface area contributed by atoms with Crippen LogP contribution in [-0.4, -0.2) is 41.2 Å². The molecule has 1 atom stereocenters. The van der Waals surface area contributed by atoms with Crippen LogP contribution in [0.15, 0.2) is 34.3 Å². The third-order valence-electron chi connectivity index (χ3n) is 2.78. The zero-order valence-corrected chi connectivity index (χ0v) is 11.4. The predicted octanol–water partition coefficient (Wildman–Crippen LogP) is 1.62. The number of thioether (sulfide) groups is 1. The molecule has 3 N–H and O–H groups in total. The highest BCUT2D eigenvalue weighted by Gasteiger charge is 2.22. The summed E-state index contributed by atoms with van der Waals surface area (Å²) in [5, 5.41) is 11.6. The van der Waals surface area contributed by atoms with Gasteiger partial charge in [0.05, 0.1) is 11.6 Å². The van der Waals surface area contributed by atoms with Crippen molar-refractivity contribution in [3.05, 3.63) is 29.8 Å². The number of nitrogens with two attached hydrogens (primary N) is 1. The summed E-state index contributed by atoms with van der Waals surface area (Å²) in [7, 11) is 1.63. The van der Waals surface area contributed by atoms with E-state index in [1.165, 1.54) is 16.7 Å². The second-order valence-electron chi connectivity index (χ2n) is 3.82. The van der Waals surface area contributed by atoms with Gasteiger partial charge < -0.3 is 15.8 Å². The molecular formula is C12H17N3O2S. The summed E-state index contributed by atoms with van der Waals surface area (Å²) in [6.07, 6.45) is 1.92. The van der Waals surface area contributed by atoms with Gasteiger partial charge in [0.1, 0.15) is 0 Å². The third-order valence-corrected chi connectivity index (χ3v) is 3.58. The minimum Gasteiger partial charge on any atom is -0.409 e. The van der Waals surface area contributed by atoms with E-state index in [0.717, 1.165) is 4.90 Å². The van der Waals surface area contributed by atoms with Gasteiger partial charge in [-0.3, -0.25) is 4.79 Å². The molecule has 18 heavy (non-hydrogen) atoms. The van der Waals surface area contributed by atoms with Crippen LogP contribution in [0.5, 0.6) is 0 Å². The third kappa shape index (κ3) is 2.95. The maximum atomic E-state index is 12.3. The van der Waals surface area contributed by atoms with Gasteiger partial charge in [0, 0.05) is 11.9 Å². The molecule has 0 heterocycles. The molecule has 1 unspecified atom stereocenters. The van der Waals surface area contributed by atoms with Crippen LogP contribution in [0.4, 0.5) is 0 Å². The molecule has 98 valence electrons. The zero-order chi connectivity index (χ0) is 13.7. The Balaban J connectivity index is 3.00. The van der Waals surface area contributed by atoms with Gasteiger partial charge in [-0.1, -0.05) is 17.3 Å². The van der Waals surface area contributed by atoms with E-state index in [9.17, 15) is 4.79 Å². The summed E-state index contributed by atoms with van der Waals surface area (Å²) in [4.78, 5) is 14.7. The number of hydrogen-bond donors (Lipinski definition) is 2. The van der Waals surface area contributed by atoms with E-state index in [1.807, 2.05) is 24.5 Å². The van der Waals surface area contributed by atoms with Gasteiger partial charge in [0.2, 0.25) is 0 Å². The number of benzene rings is 1. The van der Waals surface area contributed by atoms with Crippen molar-refractivity contribution in [3.8, 4) is 0 Å². The van der Waals surface area contributed by atoms with Crippen LogP contribution < -0.4 is 5.73 Å². The van der Waals surface area contributed by atoms with E-state index >= 15 is 0 Å². The fraction of sp³-hybridized carbons (Fsp3) is 0.333. The van der Waals surface area contributed by atoms with Gasteiger partial charge >= 0.3 is 0 Å². The smallest absolute Gasteiger partial charge is 0.255 e. The Labute approximate surface area is 111 Å². The standard InChI is InChI=1S/C12H17N3O2S/c1-8(11(13)14-17)15(2)12(16)9-6-4-5-7-10(9)18-3/h4-8,17H,1-3H3,(H2,13,14). The van der Waals surface area contributed by atoms with Crippen LogP contribution in [0.25, 0.3) is 0 Å². The second-order valence-corrected chi connectivity index (χ2v) is 4.67. The minimum absolute atomic E-state index is 0.00693. The summed E-state index contributed by atoms with van der Waals surface area (Å²) in [5.74, 6) is -0.147. The second kappa shape index (κ2) is 6.30. The molecule has 1 aromatic carbocycles. The van der Waals surface area contributed by atoms with Crippen LogP contribution in [0.3, 0.4) is 0 Å². The molecule has 1 amide bonds. The Morgan fingerprint density at radius 3 is 2.67 bits per heavy atom. The molecule has 1 rings (SSSR count). The van der Waals surface area contributed by atoms with Crippen molar-refractivity contribution in [2.45, 2.75) is 17.9 Å². The van der Waals surface area contributed by atoms with Crippen molar-refractivity contribution < 1.29 is 10.0 Å². The number of amides is 1. The maximum Gasteiger partial charge on any atom is 0.255 e. The Bertz CT molecular complexity index is 462. The number of amidine groups is 1. The van der Waals surface area contributed by atoms with Crippen molar-refractivity contribution >= 4 is 23.5 Å². The molecule has 0 bridgehead atoms.